The molecule has 33 heavy (non-hydrogen) atoms. The van der Waals surface area contributed by atoms with Crippen LogP contribution in [-0.4, -0.2) is 50.0 Å². The van der Waals surface area contributed by atoms with Gasteiger partial charge in [0.25, 0.3) is 0 Å². The van der Waals surface area contributed by atoms with E-state index in [1.54, 1.807) is 25.1 Å². The first-order valence-electron chi connectivity index (χ1n) is 10.8. The Morgan fingerprint density at radius 3 is 2.33 bits per heavy atom. The standard InChI is InChI=1S/C24H32ClN3O4S/c1-6-18(3)26-24(30)19(4)27(15-20-11-8-7-10-17(20)2)23(29)16-28(33(5,31)32)22-13-9-12-21(25)14-22/h7-14,18-19H,6,15-16H2,1-5H3,(H,26,30). The van der Waals surface area contributed by atoms with Gasteiger partial charge in [0.15, 0.2) is 0 Å². The van der Waals surface area contributed by atoms with E-state index in [9.17, 15) is 18.0 Å². The van der Waals surface area contributed by atoms with Gasteiger partial charge < -0.3 is 10.2 Å². The predicted molar refractivity (Wildman–Crippen MR) is 133 cm³/mol. The molecule has 2 atom stereocenters. The maximum Gasteiger partial charge on any atom is 0.244 e. The molecule has 0 aromatic heterocycles. The molecule has 2 amide bonds. The van der Waals surface area contributed by atoms with E-state index in [0.717, 1.165) is 28.1 Å². The molecule has 0 aliphatic heterocycles. The second kappa shape index (κ2) is 11.5. The third-order valence-electron chi connectivity index (χ3n) is 5.55. The highest BCUT2D eigenvalue weighted by molar-refractivity contribution is 7.92. The van der Waals surface area contributed by atoms with E-state index in [4.69, 9.17) is 11.6 Å². The van der Waals surface area contributed by atoms with Crippen molar-refractivity contribution in [3.63, 3.8) is 0 Å². The summed E-state index contributed by atoms with van der Waals surface area (Å²) in [5, 5.41) is 3.26. The fourth-order valence-corrected chi connectivity index (χ4v) is 4.29. The van der Waals surface area contributed by atoms with Crippen LogP contribution in [0.15, 0.2) is 48.5 Å². The average Bonchev–Trinajstić information content (AvgIpc) is 2.75. The van der Waals surface area contributed by atoms with Gasteiger partial charge in [-0.3, -0.25) is 13.9 Å². The van der Waals surface area contributed by atoms with E-state index in [1.165, 1.54) is 11.0 Å². The van der Waals surface area contributed by atoms with Crippen LogP contribution in [0.2, 0.25) is 5.02 Å². The Morgan fingerprint density at radius 2 is 1.76 bits per heavy atom. The topological polar surface area (TPSA) is 86.8 Å². The molecule has 2 aromatic rings. The molecule has 2 rings (SSSR count). The highest BCUT2D eigenvalue weighted by atomic mass is 35.5. The van der Waals surface area contributed by atoms with Crippen molar-refractivity contribution in [1.82, 2.24) is 10.2 Å². The molecule has 0 radical (unpaired) electrons. The fourth-order valence-electron chi connectivity index (χ4n) is 3.26. The minimum Gasteiger partial charge on any atom is -0.352 e. The normalized spacial score (nSPS) is 13.2. The molecule has 1 N–H and O–H groups in total. The molecule has 0 saturated heterocycles. The molecule has 2 unspecified atom stereocenters. The monoisotopic (exact) mass is 493 g/mol. The van der Waals surface area contributed by atoms with Crippen LogP contribution < -0.4 is 9.62 Å². The third-order valence-corrected chi connectivity index (χ3v) is 6.92. The van der Waals surface area contributed by atoms with Crippen LogP contribution >= 0.6 is 11.6 Å². The molecule has 0 aliphatic rings. The van der Waals surface area contributed by atoms with Crippen LogP contribution in [0.3, 0.4) is 0 Å². The zero-order valence-electron chi connectivity index (χ0n) is 19.7. The van der Waals surface area contributed by atoms with E-state index >= 15 is 0 Å². The number of hydrogen-bond acceptors (Lipinski definition) is 4. The highest BCUT2D eigenvalue weighted by Crippen LogP contribution is 2.23. The number of nitrogens with zero attached hydrogens (tertiary/aromatic N) is 2. The van der Waals surface area contributed by atoms with Gasteiger partial charge in [-0.05, 0) is 56.5 Å². The Balaban J connectivity index is 2.40. The summed E-state index contributed by atoms with van der Waals surface area (Å²) in [6.07, 6.45) is 1.78. The summed E-state index contributed by atoms with van der Waals surface area (Å²) in [6, 6.07) is 13.0. The Kier molecular flexibility index (Phi) is 9.31. The average molecular weight is 494 g/mol. The minimum atomic E-state index is -3.79. The van der Waals surface area contributed by atoms with Gasteiger partial charge in [0.05, 0.1) is 11.9 Å². The number of carbonyl (C=O) groups is 2. The molecular formula is C24H32ClN3O4S. The van der Waals surface area contributed by atoms with Crippen LogP contribution in [-0.2, 0) is 26.2 Å². The lowest BCUT2D eigenvalue weighted by molar-refractivity contribution is -0.139. The van der Waals surface area contributed by atoms with Gasteiger partial charge in [0.2, 0.25) is 21.8 Å². The van der Waals surface area contributed by atoms with Crippen molar-refractivity contribution in [2.45, 2.75) is 52.7 Å². The van der Waals surface area contributed by atoms with Gasteiger partial charge in [-0.15, -0.1) is 0 Å². The molecule has 0 spiro atoms. The van der Waals surface area contributed by atoms with Gasteiger partial charge in [-0.1, -0.05) is 48.9 Å². The summed E-state index contributed by atoms with van der Waals surface area (Å²) in [6.45, 7) is 7.15. The molecule has 0 bridgehead atoms. The van der Waals surface area contributed by atoms with E-state index < -0.39 is 28.5 Å². The van der Waals surface area contributed by atoms with E-state index in [0.29, 0.717) is 5.02 Å². The SMILES string of the molecule is CCC(C)NC(=O)C(C)N(Cc1ccccc1C)C(=O)CN(c1cccc(Cl)c1)S(C)(=O)=O. The Bertz CT molecular complexity index is 1090. The van der Waals surface area contributed by atoms with Crippen LogP contribution in [0.25, 0.3) is 0 Å². The highest BCUT2D eigenvalue weighted by Gasteiger charge is 2.30. The Hall–Kier alpha value is -2.58. The number of sulfonamides is 1. The minimum absolute atomic E-state index is 0.0469. The van der Waals surface area contributed by atoms with Crippen LogP contribution in [0.5, 0.6) is 0 Å². The van der Waals surface area contributed by atoms with Crippen molar-refractivity contribution < 1.29 is 18.0 Å². The molecule has 0 heterocycles. The lowest BCUT2D eigenvalue weighted by atomic mass is 10.1. The van der Waals surface area contributed by atoms with Crippen molar-refractivity contribution in [3.8, 4) is 0 Å². The molecule has 0 saturated carbocycles. The number of benzene rings is 2. The number of rotatable bonds is 10. The number of nitrogens with one attached hydrogen (secondary N) is 1. The fraction of sp³-hybridized carbons (Fsp3) is 0.417. The number of halogens is 1. The van der Waals surface area contributed by atoms with Gasteiger partial charge in [-0.2, -0.15) is 0 Å². The zero-order chi connectivity index (χ0) is 24.8. The molecule has 7 nitrogen and oxygen atoms in total. The van der Waals surface area contributed by atoms with Crippen molar-refractivity contribution in [1.29, 1.82) is 0 Å². The van der Waals surface area contributed by atoms with Crippen LogP contribution in [0.4, 0.5) is 5.69 Å². The molecule has 9 heteroatoms. The lowest BCUT2D eigenvalue weighted by Gasteiger charge is -2.32. The van der Waals surface area contributed by atoms with Gasteiger partial charge in [0, 0.05) is 17.6 Å². The summed E-state index contributed by atoms with van der Waals surface area (Å²) in [7, 11) is -3.79. The van der Waals surface area contributed by atoms with E-state index in [2.05, 4.69) is 5.32 Å². The first kappa shape index (κ1) is 26.7. The number of hydrogen-bond donors (Lipinski definition) is 1. The number of amides is 2. The summed E-state index contributed by atoms with van der Waals surface area (Å²) in [5.41, 5.74) is 2.13. The maximum absolute atomic E-state index is 13.5. The van der Waals surface area contributed by atoms with Gasteiger partial charge in [0.1, 0.15) is 12.6 Å². The van der Waals surface area contributed by atoms with Gasteiger partial charge in [-0.25, -0.2) is 8.42 Å². The largest absolute Gasteiger partial charge is 0.352 e. The molecule has 2 aromatic carbocycles. The number of anilines is 1. The van der Waals surface area contributed by atoms with Gasteiger partial charge >= 0.3 is 0 Å². The smallest absolute Gasteiger partial charge is 0.244 e. The molecular weight excluding hydrogens is 462 g/mol. The lowest BCUT2D eigenvalue weighted by Crippen LogP contribution is -2.52. The van der Waals surface area contributed by atoms with E-state index in [-0.39, 0.29) is 24.2 Å². The third kappa shape index (κ3) is 7.47. The summed E-state index contributed by atoms with van der Waals surface area (Å²) >= 11 is 6.05. The Labute approximate surface area is 201 Å². The van der Waals surface area contributed by atoms with Crippen molar-refractivity contribution >= 4 is 39.1 Å². The summed E-state index contributed by atoms with van der Waals surface area (Å²) in [5.74, 6) is -0.782. The Morgan fingerprint density at radius 1 is 1.09 bits per heavy atom. The number of carbonyl (C=O) groups excluding carboxylic acids is 2. The van der Waals surface area contributed by atoms with E-state index in [1.807, 2.05) is 45.0 Å². The molecule has 0 fully saturated rings. The maximum atomic E-state index is 13.5. The van der Waals surface area contributed by atoms with Crippen LogP contribution in [0, 0.1) is 6.92 Å². The molecule has 180 valence electrons. The first-order valence-corrected chi connectivity index (χ1v) is 13.0. The first-order chi connectivity index (χ1) is 15.4. The van der Waals surface area contributed by atoms with Crippen molar-refractivity contribution in [3.05, 3.63) is 64.7 Å². The second-order valence-electron chi connectivity index (χ2n) is 8.19. The van der Waals surface area contributed by atoms with Crippen molar-refractivity contribution in [2.24, 2.45) is 0 Å². The second-order valence-corrected chi connectivity index (χ2v) is 10.5. The zero-order valence-corrected chi connectivity index (χ0v) is 21.3. The summed E-state index contributed by atoms with van der Waals surface area (Å²) < 4.78 is 26.1. The van der Waals surface area contributed by atoms with Crippen molar-refractivity contribution in [2.75, 3.05) is 17.1 Å². The quantitative estimate of drug-likeness (QED) is 0.546. The molecule has 0 aliphatic carbocycles. The van der Waals surface area contributed by atoms with Crippen LogP contribution in [0.1, 0.15) is 38.3 Å². The predicted octanol–water partition coefficient (Wildman–Crippen LogP) is 3.75. The summed E-state index contributed by atoms with van der Waals surface area (Å²) in [4.78, 5) is 27.8. The number of aryl methyl sites for hydroxylation is 1.